The molecule has 32 heavy (non-hydrogen) atoms. The predicted octanol–water partition coefficient (Wildman–Crippen LogP) is 2.43. The Morgan fingerprint density at radius 1 is 1.25 bits per heavy atom. The van der Waals surface area contributed by atoms with Crippen molar-refractivity contribution in [2.24, 2.45) is 5.41 Å². The van der Waals surface area contributed by atoms with Crippen LogP contribution in [0.25, 0.3) is 0 Å². The fourth-order valence-corrected chi connectivity index (χ4v) is 3.53. The molecule has 0 bridgehead atoms. The van der Waals surface area contributed by atoms with Gasteiger partial charge in [-0.25, -0.2) is 4.79 Å². The van der Waals surface area contributed by atoms with Gasteiger partial charge in [0, 0.05) is 12.6 Å². The number of hydrogen-bond acceptors (Lipinski definition) is 6. The second kappa shape index (κ2) is 9.85. The summed E-state index contributed by atoms with van der Waals surface area (Å²) >= 11 is 0. The van der Waals surface area contributed by atoms with Gasteiger partial charge in [-0.05, 0) is 43.0 Å². The van der Waals surface area contributed by atoms with Gasteiger partial charge in [0.1, 0.15) is 11.8 Å². The minimum absolute atomic E-state index is 0.00320. The van der Waals surface area contributed by atoms with Gasteiger partial charge >= 0.3 is 18.1 Å². The monoisotopic (exact) mass is 459 g/mol. The first kappa shape index (κ1) is 25.6. The van der Waals surface area contributed by atoms with Gasteiger partial charge in [0.05, 0.1) is 12.0 Å². The van der Waals surface area contributed by atoms with Gasteiger partial charge in [-0.15, -0.1) is 0 Å². The number of carbonyl (C=O) groups excluding carboxylic acids is 2. The summed E-state index contributed by atoms with van der Waals surface area (Å²) in [6.45, 7) is 8.34. The lowest BCUT2D eigenvalue weighted by Gasteiger charge is -2.29. The van der Waals surface area contributed by atoms with Crippen LogP contribution in [0.15, 0.2) is 18.3 Å². The number of amides is 1. The molecule has 11 heteroatoms. The van der Waals surface area contributed by atoms with Crippen molar-refractivity contribution in [3.63, 3.8) is 0 Å². The molecular formula is C21H28F3N3O5. The van der Waals surface area contributed by atoms with Crippen LogP contribution in [0.3, 0.4) is 0 Å². The molecule has 178 valence electrons. The maximum absolute atomic E-state index is 12.3. The van der Waals surface area contributed by atoms with E-state index in [9.17, 15) is 22.8 Å². The number of carbonyl (C=O) groups is 3. The molecule has 1 aromatic heterocycles. The van der Waals surface area contributed by atoms with Crippen molar-refractivity contribution >= 4 is 17.8 Å². The lowest BCUT2D eigenvalue weighted by molar-refractivity contribution is -0.192. The summed E-state index contributed by atoms with van der Waals surface area (Å²) in [5.41, 5.74) is 1.12. The minimum Gasteiger partial charge on any atom is -0.475 e. The second-order valence-electron chi connectivity index (χ2n) is 8.96. The zero-order valence-electron chi connectivity index (χ0n) is 18.2. The highest BCUT2D eigenvalue weighted by molar-refractivity contribution is 5.92. The lowest BCUT2D eigenvalue weighted by atomic mass is 9.76. The van der Waals surface area contributed by atoms with E-state index in [0.29, 0.717) is 18.7 Å². The standard InChI is InChI=1S/C19H27N3O3.C2HF3O2/c1-18(2,3)13-4-5-15(21-11-13)16(23)22-12-14-10-19(17(24)25-14)6-8-20-9-7-19;3-2(4,5)1(6)7/h4-5,11,14,20H,6-10,12H2,1-3H3,(H,22,23);(H,6,7). The summed E-state index contributed by atoms with van der Waals surface area (Å²) in [7, 11) is 0. The van der Waals surface area contributed by atoms with E-state index in [1.165, 1.54) is 0 Å². The van der Waals surface area contributed by atoms with Crippen LogP contribution in [0.2, 0.25) is 0 Å². The summed E-state index contributed by atoms with van der Waals surface area (Å²) < 4.78 is 37.2. The lowest BCUT2D eigenvalue weighted by Crippen LogP contribution is -2.39. The third kappa shape index (κ3) is 6.65. The summed E-state index contributed by atoms with van der Waals surface area (Å²) in [5, 5.41) is 13.2. The maximum Gasteiger partial charge on any atom is 0.490 e. The molecule has 2 saturated heterocycles. The molecule has 2 fully saturated rings. The van der Waals surface area contributed by atoms with Gasteiger partial charge in [0.15, 0.2) is 0 Å². The average molecular weight is 459 g/mol. The molecule has 3 N–H and O–H groups in total. The molecule has 1 unspecified atom stereocenters. The van der Waals surface area contributed by atoms with Crippen LogP contribution in [-0.4, -0.2) is 59.9 Å². The fourth-order valence-electron chi connectivity index (χ4n) is 3.53. The Kier molecular flexibility index (Phi) is 7.87. The van der Waals surface area contributed by atoms with E-state index in [2.05, 4.69) is 36.4 Å². The number of carboxylic acid groups (broad SMARTS) is 1. The van der Waals surface area contributed by atoms with Gasteiger partial charge < -0.3 is 20.5 Å². The summed E-state index contributed by atoms with van der Waals surface area (Å²) in [6.07, 6.45) is -1.28. The number of halogens is 3. The summed E-state index contributed by atoms with van der Waals surface area (Å²) in [5.74, 6) is -3.10. The molecule has 0 aliphatic carbocycles. The van der Waals surface area contributed by atoms with Crippen LogP contribution in [0.4, 0.5) is 13.2 Å². The van der Waals surface area contributed by atoms with E-state index in [-0.39, 0.29) is 28.8 Å². The highest BCUT2D eigenvalue weighted by Crippen LogP contribution is 2.41. The maximum atomic E-state index is 12.3. The normalized spacial score (nSPS) is 20.2. The Hall–Kier alpha value is -2.69. The van der Waals surface area contributed by atoms with Crippen LogP contribution in [0, 0.1) is 5.41 Å². The van der Waals surface area contributed by atoms with Crippen molar-refractivity contribution in [1.29, 1.82) is 0 Å². The molecule has 1 amide bonds. The topological polar surface area (TPSA) is 118 Å². The first-order valence-corrected chi connectivity index (χ1v) is 10.2. The number of nitrogens with zero attached hydrogens (tertiary/aromatic N) is 1. The van der Waals surface area contributed by atoms with E-state index < -0.39 is 12.1 Å². The molecular weight excluding hydrogens is 431 g/mol. The number of aromatic nitrogens is 1. The Labute approximate surface area is 183 Å². The Bertz CT molecular complexity index is 829. The number of pyridine rings is 1. The number of hydrogen-bond donors (Lipinski definition) is 3. The number of piperidine rings is 1. The molecule has 0 saturated carbocycles. The van der Waals surface area contributed by atoms with Crippen molar-refractivity contribution < 1.29 is 37.4 Å². The van der Waals surface area contributed by atoms with Gasteiger partial charge in [0.2, 0.25) is 0 Å². The molecule has 3 rings (SSSR count). The van der Waals surface area contributed by atoms with E-state index in [1.807, 2.05) is 6.07 Å². The Morgan fingerprint density at radius 3 is 2.31 bits per heavy atom. The third-order valence-corrected chi connectivity index (χ3v) is 5.48. The number of esters is 1. The number of carboxylic acids is 1. The molecule has 2 aliphatic rings. The highest BCUT2D eigenvalue weighted by Gasteiger charge is 2.49. The van der Waals surface area contributed by atoms with Gasteiger partial charge in [-0.2, -0.15) is 13.2 Å². The molecule has 1 atom stereocenters. The van der Waals surface area contributed by atoms with E-state index in [4.69, 9.17) is 14.6 Å². The molecule has 0 aromatic carbocycles. The summed E-state index contributed by atoms with van der Waals surface area (Å²) in [6, 6.07) is 3.67. The third-order valence-electron chi connectivity index (χ3n) is 5.48. The van der Waals surface area contributed by atoms with Crippen molar-refractivity contribution in [1.82, 2.24) is 15.6 Å². The number of alkyl halides is 3. The molecule has 1 aromatic rings. The number of ether oxygens (including phenoxy) is 1. The van der Waals surface area contributed by atoms with Crippen molar-refractivity contribution in [3.05, 3.63) is 29.6 Å². The van der Waals surface area contributed by atoms with Crippen LogP contribution < -0.4 is 10.6 Å². The smallest absolute Gasteiger partial charge is 0.475 e. The summed E-state index contributed by atoms with van der Waals surface area (Å²) in [4.78, 5) is 37.7. The first-order valence-electron chi connectivity index (χ1n) is 10.2. The molecule has 8 nitrogen and oxygen atoms in total. The minimum atomic E-state index is -5.08. The van der Waals surface area contributed by atoms with Crippen LogP contribution >= 0.6 is 0 Å². The van der Waals surface area contributed by atoms with Crippen molar-refractivity contribution in [2.45, 2.75) is 57.7 Å². The highest BCUT2D eigenvalue weighted by atomic mass is 19.4. The van der Waals surface area contributed by atoms with Gasteiger partial charge in [0.25, 0.3) is 5.91 Å². The predicted molar refractivity (Wildman–Crippen MR) is 108 cm³/mol. The zero-order chi connectivity index (χ0) is 24.2. The SMILES string of the molecule is CC(C)(C)c1ccc(C(=O)NCC2CC3(CCNCC3)C(=O)O2)nc1.O=C(O)C(F)(F)F. The second-order valence-corrected chi connectivity index (χ2v) is 8.96. The fraction of sp³-hybridized carbons (Fsp3) is 0.619. The van der Waals surface area contributed by atoms with Gasteiger partial charge in [-0.1, -0.05) is 26.8 Å². The quantitative estimate of drug-likeness (QED) is 0.594. The number of cyclic esters (lactones) is 1. The number of aliphatic carboxylic acids is 1. The van der Waals surface area contributed by atoms with Crippen LogP contribution in [0.5, 0.6) is 0 Å². The van der Waals surface area contributed by atoms with E-state index in [0.717, 1.165) is 31.5 Å². The Balaban J connectivity index is 0.000000451. The molecule has 3 heterocycles. The van der Waals surface area contributed by atoms with Gasteiger partial charge in [-0.3, -0.25) is 14.6 Å². The molecule has 1 spiro atoms. The van der Waals surface area contributed by atoms with Crippen LogP contribution in [-0.2, 0) is 19.7 Å². The zero-order valence-corrected chi connectivity index (χ0v) is 18.2. The molecule has 2 aliphatic heterocycles. The van der Waals surface area contributed by atoms with Crippen LogP contribution in [0.1, 0.15) is 56.1 Å². The van der Waals surface area contributed by atoms with Crippen molar-refractivity contribution in [2.75, 3.05) is 19.6 Å². The van der Waals surface area contributed by atoms with Crippen molar-refractivity contribution in [3.8, 4) is 0 Å². The largest absolute Gasteiger partial charge is 0.490 e. The van der Waals surface area contributed by atoms with E-state index >= 15 is 0 Å². The first-order chi connectivity index (χ1) is 14.7. The average Bonchev–Trinajstić information content (AvgIpc) is 3.00. The number of nitrogens with one attached hydrogen (secondary N) is 2. The molecule has 0 radical (unpaired) electrons. The number of rotatable bonds is 3. The Morgan fingerprint density at radius 2 is 1.84 bits per heavy atom. The van der Waals surface area contributed by atoms with E-state index in [1.54, 1.807) is 12.3 Å².